The maximum absolute atomic E-state index is 11.6. The molecule has 0 spiro atoms. The molecule has 1 aromatic rings. The fraction of sp³-hybridized carbons (Fsp3) is 0.500. The highest BCUT2D eigenvalue weighted by atomic mass is 16.3. The standard InChI is InChI=1S/C12H17NO3/c1-8-9(5-6-16-8)11(15)13-7-10(14)12(2,3)4/h5-6H,7H2,1-4H3,(H,13,15). The Bertz CT molecular complexity index is 399. The number of rotatable bonds is 3. The van der Waals surface area contributed by atoms with Gasteiger partial charge in [0.2, 0.25) is 0 Å². The number of hydrogen-bond donors (Lipinski definition) is 1. The molecule has 0 atom stereocenters. The third-order valence-electron chi connectivity index (χ3n) is 2.35. The second-order valence-corrected chi connectivity index (χ2v) is 4.75. The number of ketones is 1. The first-order chi connectivity index (χ1) is 7.32. The Morgan fingerprint density at radius 3 is 2.44 bits per heavy atom. The molecule has 0 unspecified atom stereocenters. The van der Waals surface area contributed by atoms with Crippen molar-refractivity contribution in [2.45, 2.75) is 27.7 Å². The molecule has 4 heteroatoms. The van der Waals surface area contributed by atoms with E-state index in [2.05, 4.69) is 5.32 Å². The van der Waals surface area contributed by atoms with E-state index in [1.165, 1.54) is 6.26 Å². The minimum atomic E-state index is -0.432. The Labute approximate surface area is 95.0 Å². The number of carbonyl (C=O) groups excluding carboxylic acids is 2. The summed E-state index contributed by atoms with van der Waals surface area (Å²) in [6, 6.07) is 1.59. The van der Waals surface area contributed by atoms with Gasteiger partial charge in [-0.3, -0.25) is 9.59 Å². The highest BCUT2D eigenvalue weighted by Crippen LogP contribution is 2.14. The zero-order valence-electron chi connectivity index (χ0n) is 10.1. The number of amides is 1. The second kappa shape index (κ2) is 4.51. The molecule has 1 heterocycles. The second-order valence-electron chi connectivity index (χ2n) is 4.75. The quantitative estimate of drug-likeness (QED) is 0.851. The Kier molecular flexibility index (Phi) is 3.52. The first-order valence-corrected chi connectivity index (χ1v) is 5.18. The molecule has 0 fully saturated rings. The molecule has 88 valence electrons. The fourth-order valence-corrected chi connectivity index (χ4v) is 1.14. The molecule has 1 rings (SSSR count). The topological polar surface area (TPSA) is 59.3 Å². The van der Waals surface area contributed by atoms with Gasteiger partial charge in [0, 0.05) is 5.41 Å². The van der Waals surface area contributed by atoms with Crippen LogP contribution in [-0.4, -0.2) is 18.2 Å². The SMILES string of the molecule is Cc1occc1C(=O)NCC(=O)C(C)(C)C. The number of aryl methyl sites for hydroxylation is 1. The lowest BCUT2D eigenvalue weighted by atomic mass is 9.91. The van der Waals surface area contributed by atoms with Crippen molar-refractivity contribution in [3.63, 3.8) is 0 Å². The summed E-state index contributed by atoms with van der Waals surface area (Å²) in [7, 11) is 0. The summed E-state index contributed by atoms with van der Waals surface area (Å²) in [5.41, 5.74) is 0.0420. The van der Waals surface area contributed by atoms with Crippen LogP contribution in [0, 0.1) is 12.3 Å². The van der Waals surface area contributed by atoms with Crippen molar-refractivity contribution in [2.75, 3.05) is 6.54 Å². The third kappa shape index (κ3) is 2.95. The maximum Gasteiger partial charge on any atom is 0.255 e. The Balaban J connectivity index is 2.55. The summed E-state index contributed by atoms with van der Waals surface area (Å²) in [5, 5.41) is 2.58. The monoisotopic (exact) mass is 223 g/mol. The molecular weight excluding hydrogens is 206 g/mol. The van der Waals surface area contributed by atoms with Crippen LogP contribution in [-0.2, 0) is 4.79 Å². The average molecular weight is 223 g/mol. The third-order valence-corrected chi connectivity index (χ3v) is 2.35. The lowest BCUT2D eigenvalue weighted by Gasteiger charge is -2.16. The highest BCUT2D eigenvalue weighted by Gasteiger charge is 2.22. The lowest BCUT2D eigenvalue weighted by Crippen LogP contribution is -2.35. The largest absolute Gasteiger partial charge is 0.469 e. The van der Waals surface area contributed by atoms with Gasteiger partial charge in [-0.15, -0.1) is 0 Å². The summed E-state index contributed by atoms with van der Waals surface area (Å²) in [5.74, 6) is 0.284. The Morgan fingerprint density at radius 1 is 1.38 bits per heavy atom. The van der Waals surface area contributed by atoms with E-state index in [0.717, 1.165) is 0 Å². The van der Waals surface area contributed by atoms with Crippen molar-refractivity contribution in [2.24, 2.45) is 5.41 Å². The van der Waals surface area contributed by atoms with Crippen molar-refractivity contribution in [1.82, 2.24) is 5.32 Å². The summed E-state index contributed by atoms with van der Waals surface area (Å²) in [6.07, 6.45) is 1.45. The molecule has 16 heavy (non-hydrogen) atoms. The average Bonchev–Trinajstić information content (AvgIpc) is 2.58. The van der Waals surface area contributed by atoms with Crippen molar-refractivity contribution in [3.05, 3.63) is 23.7 Å². The smallest absolute Gasteiger partial charge is 0.255 e. The molecule has 0 radical (unpaired) electrons. The van der Waals surface area contributed by atoms with Gasteiger partial charge in [-0.2, -0.15) is 0 Å². The van der Waals surface area contributed by atoms with Gasteiger partial charge in [-0.25, -0.2) is 0 Å². The normalized spacial score (nSPS) is 11.2. The first kappa shape index (κ1) is 12.5. The van der Waals surface area contributed by atoms with Crippen LogP contribution >= 0.6 is 0 Å². The zero-order chi connectivity index (χ0) is 12.3. The van der Waals surface area contributed by atoms with Crippen molar-refractivity contribution >= 4 is 11.7 Å². The van der Waals surface area contributed by atoms with Gasteiger partial charge in [0.15, 0.2) is 5.78 Å². The molecule has 1 amide bonds. The summed E-state index contributed by atoms with van der Waals surface area (Å²) >= 11 is 0. The van der Waals surface area contributed by atoms with E-state index >= 15 is 0 Å². The molecule has 0 aliphatic heterocycles. The number of Topliss-reactive ketones (excluding diaryl/α,β-unsaturated/α-hetero) is 1. The van der Waals surface area contributed by atoms with E-state index in [-0.39, 0.29) is 18.2 Å². The molecule has 0 saturated heterocycles. The number of carbonyl (C=O) groups is 2. The highest BCUT2D eigenvalue weighted by molar-refractivity contribution is 5.98. The molecule has 1 aromatic heterocycles. The Morgan fingerprint density at radius 2 is 2.00 bits per heavy atom. The predicted octanol–water partition coefficient (Wildman–Crippen LogP) is 1.93. The summed E-state index contributed by atoms with van der Waals surface area (Å²) < 4.78 is 5.01. The van der Waals surface area contributed by atoms with Gasteiger partial charge < -0.3 is 9.73 Å². The van der Waals surface area contributed by atoms with Crippen LogP contribution in [0.2, 0.25) is 0 Å². The Hall–Kier alpha value is -1.58. The minimum absolute atomic E-state index is 0.00185. The maximum atomic E-state index is 11.6. The molecule has 0 saturated carbocycles. The summed E-state index contributed by atoms with van der Waals surface area (Å²) in [4.78, 5) is 23.2. The van der Waals surface area contributed by atoms with Gasteiger partial charge >= 0.3 is 0 Å². The van der Waals surface area contributed by atoms with E-state index < -0.39 is 5.41 Å². The minimum Gasteiger partial charge on any atom is -0.469 e. The summed E-state index contributed by atoms with van der Waals surface area (Å²) in [6.45, 7) is 7.23. The van der Waals surface area contributed by atoms with Gasteiger partial charge in [-0.05, 0) is 13.0 Å². The van der Waals surface area contributed by atoms with Gasteiger partial charge in [0.05, 0.1) is 18.4 Å². The number of nitrogens with one attached hydrogen (secondary N) is 1. The van der Waals surface area contributed by atoms with Gasteiger partial charge in [-0.1, -0.05) is 20.8 Å². The molecule has 1 N–H and O–H groups in total. The van der Waals surface area contributed by atoms with Crippen LogP contribution in [0.1, 0.15) is 36.9 Å². The fourth-order valence-electron chi connectivity index (χ4n) is 1.14. The van der Waals surface area contributed by atoms with Crippen molar-refractivity contribution in [3.8, 4) is 0 Å². The van der Waals surface area contributed by atoms with E-state index in [1.807, 2.05) is 20.8 Å². The lowest BCUT2D eigenvalue weighted by molar-refractivity contribution is -0.125. The zero-order valence-corrected chi connectivity index (χ0v) is 10.1. The van der Waals surface area contributed by atoms with Crippen LogP contribution in [0.5, 0.6) is 0 Å². The van der Waals surface area contributed by atoms with E-state index in [1.54, 1.807) is 13.0 Å². The molecule has 0 aliphatic carbocycles. The van der Waals surface area contributed by atoms with Crippen LogP contribution < -0.4 is 5.32 Å². The number of furan rings is 1. The van der Waals surface area contributed by atoms with Crippen LogP contribution in [0.3, 0.4) is 0 Å². The van der Waals surface area contributed by atoms with E-state index in [9.17, 15) is 9.59 Å². The molecule has 0 aromatic carbocycles. The van der Waals surface area contributed by atoms with Crippen LogP contribution in [0.15, 0.2) is 16.7 Å². The van der Waals surface area contributed by atoms with Gasteiger partial charge in [0.25, 0.3) is 5.91 Å². The van der Waals surface area contributed by atoms with E-state index in [4.69, 9.17) is 4.42 Å². The molecule has 0 bridgehead atoms. The number of hydrogen-bond acceptors (Lipinski definition) is 3. The van der Waals surface area contributed by atoms with Crippen LogP contribution in [0.25, 0.3) is 0 Å². The first-order valence-electron chi connectivity index (χ1n) is 5.18. The van der Waals surface area contributed by atoms with Crippen molar-refractivity contribution in [1.29, 1.82) is 0 Å². The van der Waals surface area contributed by atoms with Gasteiger partial charge in [0.1, 0.15) is 5.76 Å². The predicted molar refractivity (Wildman–Crippen MR) is 60.2 cm³/mol. The van der Waals surface area contributed by atoms with Crippen LogP contribution in [0.4, 0.5) is 0 Å². The molecule has 4 nitrogen and oxygen atoms in total. The van der Waals surface area contributed by atoms with E-state index in [0.29, 0.717) is 11.3 Å². The molecule has 0 aliphatic rings. The molecular formula is C12H17NO3. The van der Waals surface area contributed by atoms with Crippen molar-refractivity contribution < 1.29 is 14.0 Å².